The number of carbonyl (C=O) groups is 2. The summed E-state index contributed by atoms with van der Waals surface area (Å²) in [5, 5.41) is 8.93. The molecule has 1 aromatic carbocycles. The van der Waals surface area contributed by atoms with Crippen molar-refractivity contribution in [2.24, 2.45) is 0 Å². The fourth-order valence-electron chi connectivity index (χ4n) is 2.25. The molecule has 1 N–H and O–H groups in total. The zero-order chi connectivity index (χ0) is 18.0. The highest BCUT2D eigenvalue weighted by Gasteiger charge is 2.30. The van der Waals surface area contributed by atoms with Gasteiger partial charge in [-0.1, -0.05) is 42.2 Å². The highest BCUT2D eigenvalue weighted by molar-refractivity contribution is 8.26. The standard InChI is InChI=1S/C18H13NO4S2/c1-2-9-19-16(20)15(25-18(19)24)10-13-7-8-14(23-13)11-3-5-12(6-4-11)17(21)22/h2-10H,1H3,(H,21,22)/b9-2-,15-10-. The molecule has 0 atom stereocenters. The lowest BCUT2D eigenvalue weighted by molar-refractivity contribution is -0.120. The van der Waals surface area contributed by atoms with Crippen LogP contribution >= 0.6 is 24.0 Å². The molecule has 7 heteroatoms. The zero-order valence-corrected chi connectivity index (χ0v) is 14.8. The Morgan fingerprint density at radius 2 is 1.96 bits per heavy atom. The molecule has 2 heterocycles. The maximum absolute atomic E-state index is 12.3. The lowest BCUT2D eigenvalue weighted by Crippen LogP contribution is -2.21. The minimum absolute atomic E-state index is 0.183. The average molecular weight is 371 g/mol. The van der Waals surface area contributed by atoms with Crippen LogP contribution in [0.5, 0.6) is 0 Å². The molecule has 0 bridgehead atoms. The van der Waals surface area contributed by atoms with E-state index in [-0.39, 0.29) is 11.5 Å². The van der Waals surface area contributed by atoms with Crippen LogP contribution in [0.25, 0.3) is 17.4 Å². The topological polar surface area (TPSA) is 70.8 Å². The lowest BCUT2D eigenvalue weighted by atomic mass is 10.1. The normalized spacial score (nSPS) is 16.4. The molecule has 1 saturated heterocycles. The predicted molar refractivity (Wildman–Crippen MR) is 101 cm³/mol. The number of carbonyl (C=O) groups excluding carboxylic acids is 1. The van der Waals surface area contributed by atoms with Crippen LogP contribution in [0.3, 0.4) is 0 Å². The molecule has 1 aliphatic rings. The van der Waals surface area contributed by atoms with E-state index in [1.165, 1.54) is 28.8 Å². The zero-order valence-electron chi connectivity index (χ0n) is 13.1. The molecule has 3 rings (SSSR count). The van der Waals surface area contributed by atoms with Crippen molar-refractivity contribution in [2.45, 2.75) is 6.92 Å². The molecule has 1 amide bonds. The van der Waals surface area contributed by atoms with E-state index < -0.39 is 5.97 Å². The van der Waals surface area contributed by atoms with Gasteiger partial charge in [0.25, 0.3) is 5.91 Å². The Labute approximate surface area is 153 Å². The van der Waals surface area contributed by atoms with Crippen LogP contribution in [0.15, 0.2) is 58.0 Å². The van der Waals surface area contributed by atoms with E-state index in [2.05, 4.69) is 0 Å². The number of hydrogen-bond donors (Lipinski definition) is 1. The summed E-state index contributed by atoms with van der Waals surface area (Å²) in [5.74, 6) is -0.0443. The van der Waals surface area contributed by atoms with E-state index in [1.54, 1.807) is 42.6 Å². The number of rotatable bonds is 4. The maximum atomic E-state index is 12.3. The van der Waals surface area contributed by atoms with Crippen molar-refractivity contribution in [3.05, 3.63) is 64.9 Å². The largest absolute Gasteiger partial charge is 0.478 e. The van der Waals surface area contributed by atoms with Crippen molar-refractivity contribution in [3.8, 4) is 11.3 Å². The fraction of sp³-hybridized carbons (Fsp3) is 0.0556. The van der Waals surface area contributed by atoms with Gasteiger partial charge in [0.2, 0.25) is 0 Å². The van der Waals surface area contributed by atoms with Gasteiger partial charge in [-0.3, -0.25) is 9.69 Å². The van der Waals surface area contributed by atoms with Crippen molar-refractivity contribution in [3.63, 3.8) is 0 Å². The molecule has 0 spiro atoms. The van der Waals surface area contributed by atoms with Crippen molar-refractivity contribution >= 4 is 46.3 Å². The molecule has 0 unspecified atom stereocenters. The molecule has 0 aliphatic carbocycles. The van der Waals surface area contributed by atoms with Gasteiger partial charge in [-0.05, 0) is 31.2 Å². The van der Waals surface area contributed by atoms with Crippen molar-refractivity contribution in [1.82, 2.24) is 4.90 Å². The van der Waals surface area contributed by atoms with Crippen LogP contribution in [-0.2, 0) is 4.79 Å². The number of carboxylic acids is 1. The first-order chi connectivity index (χ1) is 12.0. The van der Waals surface area contributed by atoms with Crippen LogP contribution in [0.4, 0.5) is 0 Å². The van der Waals surface area contributed by atoms with E-state index in [1.807, 2.05) is 6.92 Å². The molecular weight excluding hydrogens is 358 g/mol. The van der Waals surface area contributed by atoms with Gasteiger partial charge in [-0.15, -0.1) is 0 Å². The molecule has 126 valence electrons. The van der Waals surface area contributed by atoms with E-state index in [4.69, 9.17) is 21.7 Å². The predicted octanol–water partition coefficient (Wildman–Crippen LogP) is 4.38. The minimum Gasteiger partial charge on any atom is -0.478 e. The maximum Gasteiger partial charge on any atom is 0.335 e. The Morgan fingerprint density at radius 3 is 2.60 bits per heavy atom. The van der Waals surface area contributed by atoms with Gasteiger partial charge in [0, 0.05) is 17.8 Å². The summed E-state index contributed by atoms with van der Waals surface area (Å²) >= 11 is 6.41. The molecule has 1 aromatic heterocycles. The summed E-state index contributed by atoms with van der Waals surface area (Å²) in [6.45, 7) is 1.82. The Bertz CT molecular complexity index is 909. The van der Waals surface area contributed by atoms with Crippen LogP contribution in [0.1, 0.15) is 23.0 Å². The molecule has 0 radical (unpaired) electrons. The van der Waals surface area contributed by atoms with E-state index in [0.717, 1.165) is 5.56 Å². The van der Waals surface area contributed by atoms with Crippen molar-refractivity contribution in [2.75, 3.05) is 0 Å². The molecule has 25 heavy (non-hydrogen) atoms. The monoisotopic (exact) mass is 371 g/mol. The Balaban J connectivity index is 1.83. The Hall–Kier alpha value is -2.64. The summed E-state index contributed by atoms with van der Waals surface area (Å²) in [5.41, 5.74) is 0.967. The van der Waals surface area contributed by atoms with Crippen LogP contribution in [-0.4, -0.2) is 26.2 Å². The molecule has 2 aromatic rings. The summed E-state index contributed by atoms with van der Waals surface area (Å²) in [6, 6.07) is 9.91. The Kier molecular flexibility index (Phi) is 4.87. The van der Waals surface area contributed by atoms with Gasteiger partial charge in [0.15, 0.2) is 4.32 Å². The third-order valence-electron chi connectivity index (χ3n) is 3.44. The first-order valence-corrected chi connectivity index (χ1v) is 8.55. The summed E-state index contributed by atoms with van der Waals surface area (Å²) in [4.78, 5) is 25.1. The number of thiocarbonyl (C=S) groups is 1. The number of allylic oxidation sites excluding steroid dienone is 1. The molecule has 5 nitrogen and oxygen atoms in total. The number of hydrogen-bond acceptors (Lipinski definition) is 5. The third kappa shape index (κ3) is 3.57. The van der Waals surface area contributed by atoms with Gasteiger partial charge >= 0.3 is 5.97 Å². The number of nitrogens with zero attached hydrogens (tertiary/aromatic N) is 1. The number of furan rings is 1. The number of amides is 1. The summed E-state index contributed by atoms with van der Waals surface area (Å²) in [7, 11) is 0. The highest BCUT2D eigenvalue weighted by Crippen LogP contribution is 2.33. The van der Waals surface area contributed by atoms with Crippen molar-refractivity contribution in [1.29, 1.82) is 0 Å². The molecule has 0 saturated carbocycles. The van der Waals surface area contributed by atoms with E-state index in [0.29, 0.717) is 20.7 Å². The second-order valence-electron chi connectivity index (χ2n) is 5.12. The summed E-state index contributed by atoms with van der Waals surface area (Å²) in [6.07, 6.45) is 5.04. The molecule has 1 fully saturated rings. The number of aromatic carboxylic acids is 1. The van der Waals surface area contributed by atoms with Gasteiger partial charge < -0.3 is 9.52 Å². The second-order valence-corrected chi connectivity index (χ2v) is 6.79. The first-order valence-electron chi connectivity index (χ1n) is 7.33. The lowest BCUT2D eigenvalue weighted by Gasteiger charge is -2.06. The smallest absolute Gasteiger partial charge is 0.335 e. The highest BCUT2D eigenvalue weighted by atomic mass is 32.2. The van der Waals surface area contributed by atoms with Crippen LogP contribution in [0, 0.1) is 0 Å². The molecule has 1 aliphatic heterocycles. The van der Waals surface area contributed by atoms with Crippen molar-refractivity contribution < 1.29 is 19.1 Å². The van der Waals surface area contributed by atoms with Crippen LogP contribution in [0.2, 0.25) is 0 Å². The van der Waals surface area contributed by atoms with Gasteiger partial charge in [-0.2, -0.15) is 0 Å². The number of carboxylic acid groups (broad SMARTS) is 1. The first kappa shape index (κ1) is 17.2. The minimum atomic E-state index is -0.977. The average Bonchev–Trinajstić information content (AvgIpc) is 3.16. The summed E-state index contributed by atoms with van der Waals surface area (Å²) < 4.78 is 6.22. The van der Waals surface area contributed by atoms with Gasteiger partial charge in [0.1, 0.15) is 11.5 Å². The van der Waals surface area contributed by atoms with E-state index >= 15 is 0 Å². The van der Waals surface area contributed by atoms with Gasteiger partial charge in [-0.25, -0.2) is 4.79 Å². The quantitative estimate of drug-likeness (QED) is 0.635. The van der Waals surface area contributed by atoms with Crippen LogP contribution < -0.4 is 0 Å². The Morgan fingerprint density at radius 1 is 1.24 bits per heavy atom. The SMILES string of the molecule is C/C=C\N1C(=O)/C(=C/c2ccc(-c3ccc(C(=O)O)cc3)o2)SC1=S. The fourth-order valence-corrected chi connectivity index (χ4v) is 3.45. The molecular formula is C18H13NO4S2. The number of thioether (sulfide) groups is 1. The second kappa shape index (κ2) is 7.08. The van der Waals surface area contributed by atoms with Gasteiger partial charge in [0.05, 0.1) is 10.5 Å². The van der Waals surface area contributed by atoms with E-state index in [9.17, 15) is 9.59 Å². The third-order valence-corrected chi connectivity index (χ3v) is 4.77. The number of benzene rings is 1.